The summed E-state index contributed by atoms with van der Waals surface area (Å²) in [5.41, 5.74) is 0.269. The number of carbonyl (C=O) groups excluding carboxylic acids is 2. The number of hydrogen-bond donors (Lipinski definition) is 3. The molecule has 0 radical (unpaired) electrons. The van der Waals surface area contributed by atoms with Gasteiger partial charge in [-0.05, 0) is 42.9 Å². The molecule has 1 aromatic heterocycles. The Kier molecular flexibility index (Phi) is 7.74. The molecule has 1 saturated heterocycles. The Morgan fingerprint density at radius 1 is 1.09 bits per heavy atom. The van der Waals surface area contributed by atoms with Crippen molar-refractivity contribution in [3.05, 3.63) is 100 Å². The molecule has 4 atom stereocenters. The van der Waals surface area contributed by atoms with Gasteiger partial charge in [0.15, 0.2) is 13.9 Å². The van der Waals surface area contributed by atoms with Gasteiger partial charge in [0, 0.05) is 41.2 Å². The van der Waals surface area contributed by atoms with E-state index in [4.69, 9.17) is 4.74 Å². The molecule has 10 nitrogen and oxygen atoms in total. The van der Waals surface area contributed by atoms with Crippen LogP contribution in [-0.2, 0) is 26.5 Å². The summed E-state index contributed by atoms with van der Waals surface area (Å²) in [6.07, 6.45) is 0.820. The number of aromatic nitrogens is 2. The van der Waals surface area contributed by atoms with E-state index in [0.29, 0.717) is 28.9 Å². The van der Waals surface area contributed by atoms with Crippen LogP contribution >= 0.6 is 0 Å². The molecule has 4 aromatic rings. The third-order valence-electron chi connectivity index (χ3n) is 8.98. The van der Waals surface area contributed by atoms with Crippen molar-refractivity contribution in [3.63, 3.8) is 0 Å². The fourth-order valence-electron chi connectivity index (χ4n) is 7.01. The standard InChI is InChI=1S/C33H36N4O6Si/c1-21-30(44(2,3)42)28(18-29(39)36(15-16-38)20-22-9-5-4-6-10-22)43-33(21)26-17-24(13-14-27(26)35-32(33)41)37-31(40)25-12-8-7-11-23(25)19-34-37/h4-14,17,19,21,28,30,38,42H,15-16,18,20H2,1-3H3,(H,35,41)/t21-,28+,30-,33+/m1/s1. The lowest BCUT2D eigenvalue weighted by atomic mass is 9.82. The number of aliphatic hydroxyl groups excluding tert-OH is 1. The first-order valence-corrected chi connectivity index (χ1v) is 17.8. The largest absolute Gasteiger partial charge is 0.432 e. The smallest absolute Gasteiger partial charge is 0.279 e. The van der Waals surface area contributed by atoms with Crippen molar-refractivity contribution >= 4 is 36.6 Å². The zero-order valence-electron chi connectivity index (χ0n) is 24.9. The fraction of sp³-hybridized carbons (Fsp3) is 0.333. The van der Waals surface area contributed by atoms with E-state index in [9.17, 15) is 24.3 Å². The number of aliphatic hydroxyl groups is 1. The van der Waals surface area contributed by atoms with Crippen LogP contribution in [0.1, 0.15) is 24.5 Å². The van der Waals surface area contributed by atoms with Crippen LogP contribution in [0.15, 0.2) is 83.8 Å². The topological polar surface area (TPSA) is 134 Å². The van der Waals surface area contributed by atoms with Crippen molar-refractivity contribution in [1.82, 2.24) is 14.7 Å². The van der Waals surface area contributed by atoms with E-state index >= 15 is 0 Å². The van der Waals surface area contributed by atoms with Gasteiger partial charge in [-0.1, -0.05) is 55.5 Å². The van der Waals surface area contributed by atoms with Crippen molar-refractivity contribution in [2.75, 3.05) is 18.5 Å². The summed E-state index contributed by atoms with van der Waals surface area (Å²) in [6, 6.07) is 21.9. The van der Waals surface area contributed by atoms with E-state index in [1.807, 2.05) is 49.4 Å². The van der Waals surface area contributed by atoms with Gasteiger partial charge >= 0.3 is 0 Å². The number of anilines is 1. The molecular formula is C33H36N4O6Si. The molecule has 11 heteroatoms. The van der Waals surface area contributed by atoms with Crippen molar-refractivity contribution in [1.29, 1.82) is 0 Å². The van der Waals surface area contributed by atoms with Crippen molar-refractivity contribution in [2.45, 2.75) is 50.2 Å². The highest BCUT2D eigenvalue weighted by atomic mass is 28.4. The maximum absolute atomic E-state index is 13.8. The van der Waals surface area contributed by atoms with Crippen LogP contribution in [0.3, 0.4) is 0 Å². The summed E-state index contributed by atoms with van der Waals surface area (Å²) in [6.45, 7) is 5.75. The molecule has 2 aliphatic heterocycles. The van der Waals surface area contributed by atoms with Crippen molar-refractivity contribution in [3.8, 4) is 5.69 Å². The van der Waals surface area contributed by atoms with Crippen LogP contribution in [0.5, 0.6) is 0 Å². The molecule has 3 aromatic carbocycles. The lowest BCUT2D eigenvalue weighted by Gasteiger charge is -2.32. The molecule has 3 N–H and O–H groups in total. The highest BCUT2D eigenvalue weighted by Crippen LogP contribution is 2.58. The minimum Gasteiger partial charge on any atom is -0.432 e. The monoisotopic (exact) mass is 612 g/mol. The molecule has 1 spiro atoms. The van der Waals surface area contributed by atoms with E-state index < -0.39 is 31.5 Å². The summed E-state index contributed by atoms with van der Waals surface area (Å²) in [7, 11) is -3.00. The first kappa shape index (κ1) is 29.9. The van der Waals surface area contributed by atoms with Crippen LogP contribution < -0.4 is 10.9 Å². The van der Waals surface area contributed by atoms with E-state index in [-0.39, 0.29) is 36.9 Å². The third-order valence-corrected chi connectivity index (χ3v) is 11.5. The first-order chi connectivity index (χ1) is 21.0. The summed E-state index contributed by atoms with van der Waals surface area (Å²) in [4.78, 5) is 54.0. The summed E-state index contributed by atoms with van der Waals surface area (Å²) >= 11 is 0. The van der Waals surface area contributed by atoms with Gasteiger partial charge < -0.3 is 24.9 Å². The average Bonchev–Trinajstić information content (AvgIpc) is 3.45. The molecule has 6 rings (SSSR count). The Labute approximate surface area is 256 Å². The van der Waals surface area contributed by atoms with Crippen LogP contribution in [0, 0.1) is 5.92 Å². The predicted molar refractivity (Wildman–Crippen MR) is 169 cm³/mol. The van der Waals surface area contributed by atoms with Gasteiger partial charge in [0.2, 0.25) is 5.91 Å². The lowest BCUT2D eigenvalue weighted by Crippen LogP contribution is -2.44. The summed E-state index contributed by atoms with van der Waals surface area (Å²) in [5.74, 6) is -1.09. The number of nitrogens with one attached hydrogen (secondary N) is 1. The Hall–Kier alpha value is -4.16. The zero-order chi connectivity index (χ0) is 31.2. The second-order valence-corrected chi connectivity index (χ2v) is 16.2. The van der Waals surface area contributed by atoms with Gasteiger partial charge in [0.25, 0.3) is 11.5 Å². The SMILES string of the molecule is C[C@@H]1[C@@H]([Si](C)(C)O)[C@H](CC(=O)N(CCO)Cc2ccccc2)O[C@@]12C(=O)Nc1ccc(-n3ncc4ccccc4c3=O)cc12. The van der Waals surface area contributed by atoms with E-state index in [1.165, 1.54) is 4.68 Å². The van der Waals surface area contributed by atoms with E-state index in [2.05, 4.69) is 10.4 Å². The minimum atomic E-state index is -3.00. The Bertz CT molecular complexity index is 1790. The van der Waals surface area contributed by atoms with E-state index in [1.54, 1.807) is 54.5 Å². The van der Waals surface area contributed by atoms with Crippen LogP contribution in [0.2, 0.25) is 18.6 Å². The Balaban J connectivity index is 1.37. The highest BCUT2D eigenvalue weighted by Gasteiger charge is 2.65. The second kappa shape index (κ2) is 11.4. The fourth-order valence-corrected chi connectivity index (χ4v) is 9.56. The molecule has 2 aliphatic rings. The number of amides is 2. The van der Waals surface area contributed by atoms with Gasteiger partial charge in [-0.2, -0.15) is 9.78 Å². The molecule has 0 aliphatic carbocycles. The van der Waals surface area contributed by atoms with Crippen molar-refractivity contribution < 1.29 is 24.2 Å². The minimum absolute atomic E-state index is 0.0609. The number of rotatable bonds is 8. The molecule has 3 heterocycles. The molecule has 0 saturated carbocycles. The summed E-state index contributed by atoms with van der Waals surface area (Å²) < 4.78 is 7.99. The maximum atomic E-state index is 13.8. The van der Waals surface area contributed by atoms with Crippen LogP contribution in [0.4, 0.5) is 5.69 Å². The number of carbonyl (C=O) groups is 2. The average molecular weight is 613 g/mol. The molecule has 0 unspecified atom stereocenters. The third kappa shape index (κ3) is 5.05. The second-order valence-electron chi connectivity index (χ2n) is 12.2. The normalized spacial score (nSPS) is 22.8. The molecule has 2 amide bonds. The Morgan fingerprint density at radius 2 is 1.82 bits per heavy atom. The summed E-state index contributed by atoms with van der Waals surface area (Å²) in [5, 5.41) is 18.3. The lowest BCUT2D eigenvalue weighted by molar-refractivity contribution is -0.148. The molecule has 0 bridgehead atoms. The number of hydrogen-bond acceptors (Lipinski definition) is 7. The number of fused-ring (bicyclic) bond motifs is 3. The van der Waals surface area contributed by atoms with Crippen LogP contribution in [0.25, 0.3) is 16.5 Å². The van der Waals surface area contributed by atoms with Gasteiger partial charge in [-0.15, -0.1) is 0 Å². The molecular weight excluding hydrogens is 576 g/mol. The molecule has 44 heavy (non-hydrogen) atoms. The van der Waals surface area contributed by atoms with Gasteiger partial charge in [-0.25, -0.2) is 0 Å². The maximum Gasteiger partial charge on any atom is 0.279 e. The van der Waals surface area contributed by atoms with Crippen LogP contribution in [-0.4, -0.2) is 64.0 Å². The number of benzene rings is 3. The quantitative estimate of drug-likeness (QED) is 0.259. The Morgan fingerprint density at radius 3 is 2.55 bits per heavy atom. The zero-order valence-corrected chi connectivity index (χ0v) is 25.9. The number of nitrogens with zero attached hydrogens (tertiary/aromatic N) is 3. The number of ether oxygens (including phenoxy) is 1. The molecule has 1 fully saturated rings. The molecule has 228 valence electrons. The van der Waals surface area contributed by atoms with E-state index in [0.717, 1.165) is 10.9 Å². The predicted octanol–water partition coefficient (Wildman–Crippen LogP) is 3.55. The van der Waals surface area contributed by atoms with Crippen molar-refractivity contribution in [2.24, 2.45) is 5.92 Å². The highest BCUT2D eigenvalue weighted by molar-refractivity contribution is 6.71. The first-order valence-electron chi connectivity index (χ1n) is 14.8. The van der Waals surface area contributed by atoms with Gasteiger partial charge in [0.05, 0.1) is 36.4 Å². The van der Waals surface area contributed by atoms with Gasteiger partial charge in [0.1, 0.15) is 0 Å². The van der Waals surface area contributed by atoms with Gasteiger partial charge in [-0.3, -0.25) is 14.4 Å².